The predicted octanol–water partition coefficient (Wildman–Crippen LogP) is 3.85. The molecule has 134 valence electrons. The average Bonchev–Trinajstić information content (AvgIpc) is 3.06. The van der Waals surface area contributed by atoms with E-state index in [2.05, 4.69) is 0 Å². The Morgan fingerprint density at radius 2 is 2.12 bits per heavy atom. The van der Waals surface area contributed by atoms with Gasteiger partial charge in [-0.3, -0.25) is 4.79 Å². The third-order valence-corrected chi connectivity index (χ3v) is 5.55. The van der Waals surface area contributed by atoms with Crippen LogP contribution in [-0.4, -0.2) is 41.1 Å². The Hall–Kier alpha value is -1.56. The van der Waals surface area contributed by atoms with Crippen LogP contribution in [0.2, 0.25) is 10.0 Å². The van der Waals surface area contributed by atoms with Gasteiger partial charge < -0.3 is 14.7 Å². The van der Waals surface area contributed by atoms with E-state index in [1.807, 2.05) is 0 Å². The number of carbonyl (C=O) groups is 2. The number of carboxylic acid groups (broad SMARTS) is 1. The molecular formula is C18H19Cl2NO4. The molecule has 1 saturated heterocycles. The molecule has 5 nitrogen and oxygen atoms in total. The Labute approximate surface area is 156 Å². The molecule has 1 amide bonds. The largest absolute Gasteiger partial charge is 0.478 e. The molecule has 25 heavy (non-hydrogen) atoms. The lowest BCUT2D eigenvalue weighted by molar-refractivity contribution is -0.135. The Kier molecular flexibility index (Phi) is 5.37. The minimum atomic E-state index is -1.03. The lowest BCUT2D eigenvalue weighted by Crippen LogP contribution is -2.41. The first kappa shape index (κ1) is 18.2. The summed E-state index contributed by atoms with van der Waals surface area (Å²) in [5, 5.41) is 10.5. The molecule has 7 heteroatoms. The van der Waals surface area contributed by atoms with Crippen LogP contribution in [0.3, 0.4) is 0 Å². The molecule has 0 spiro atoms. The van der Waals surface area contributed by atoms with Crippen molar-refractivity contribution >= 4 is 35.1 Å². The Morgan fingerprint density at radius 3 is 2.72 bits per heavy atom. The minimum Gasteiger partial charge on any atom is -0.478 e. The standard InChI is InChI=1S/C18H19Cl2NO4/c1-10-17(18(23)24)13(11-4-5-14(19)15(20)7-11)8-16(22)21(10)9-12-3-2-6-25-12/h4-5,7,12-13H,2-3,6,8-9H2,1H3,(H,23,24)/t12-,13+/m0/s1. The molecule has 3 rings (SSSR count). The van der Waals surface area contributed by atoms with Crippen molar-refractivity contribution in [2.45, 2.75) is 38.2 Å². The fourth-order valence-electron chi connectivity index (χ4n) is 3.52. The highest BCUT2D eigenvalue weighted by molar-refractivity contribution is 6.42. The van der Waals surface area contributed by atoms with Gasteiger partial charge in [0.25, 0.3) is 0 Å². The molecule has 0 unspecified atom stereocenters. The Balaban J connectivity index is 1.97. The number of nitrogens with zero attached hydrogens (tertiary/aromatic N) is 1. The van der Waals surface area contributed by atoms with Gasteiger partial charge in [0, 0.05) is 24.6 Å². The first-order valence-electron chi connectivity index (χ1n) is 8.19. The van der Waals surface area contributed by atoms with Crippen molar-refractivity contribution < 1.29 is 19.4 Å². The van der Waals surface area contributed by atoms with Gasteiger partial charge in [-0.05, 0) is 37.5 Å². The molecule has 1 N–H and O–H groups in total. The van der Waals surface area contributed by atoms with Crippen LogP contribution in [0.5, 0.6) is 0 Å². The zero-order valence-corrected chi connectivity index (χ0v) is 15.3. The maximum absolute atomic E-state index is 12.7. The van der Waals surface area contributed by atoms with E-state index in [-0.39, 0.29) is 24.0 Å². The van der Waals surface area contributed by atoms with Gasteiger partial charge in [0.05, 0.1) is 28.3 Å². The quantitative estimate of drug-likeness (QED) is 0.857. The lowest BCUT2D eigenvalue weighted by atomic mass is 9.83. The zero-order valence-electron chi connectivity index (χ0n) is 13.8. The van der Waals surface area contributed by atoms with E-state index in [0.717, 1.165) is 12.8 Å². The molecule has 2 atom stereocenters. The van der Waals surface area contributed by atoms with Crippen molar-refractivity contribution in [3.05, 3.63) is 45.1 Å². The number of aliphatic carboxylic acids is 1. The lowest BCUT2D eigenvalue weighted by Gasteiger charge is -2.35. The number of halogens is 2. The van der Waals surface area contributed by atoms with Gasteiger partial charge in [0.2, 0.25) is 5.91 Å². The minimum absolute atomic E-state index is 0.0320. The van der Waals surface area contributed by atoms with Crippen LogP contribution >= 0.6 is 23.2 Å². The van der Waals surface area contributed by atoms with E-state index in [9.17, 15) is 14.7 Å². The normalized spacial score (nSPS) is 24.1. The maximum atomic E-state index is 12.7. The fourth-order valence-corrected chi connectivity index (χ4v) is 3.83. The van der Waals surface area contributed by atoms with Crippen LogP contribution in [-0.2, 0) is 14.3 Å². The van der Waals surface area contributed by atoms with Gasteiger partial charge in [-0.2, -0.15) is 0 Å². The van der Waals surface area contributed by atoms with Gasteiger partial charge >= 0.3 is 5.97 Å². The second-order valence-corrected chi connectivity index (χ2v) is 7.19. The number of hydrogen-bond acceptors (Lipinski definition) is 3. The number of hydrogen-bond donors (Lipinski definition) is 1. The van der Waals surface area contributed by atoms with E-state index in [1.165, 1.54) is 0 Å². The summed E-state index contributed by atoms with van der Waals surface area (Å²) in [4.78, 5) is 26.1. The molecule has 1 fully saturated rings. The SMILES string of the molecule is CC1=C(C(=O)O)[C@@H](c2ccc(Cl)c(Cl)c2)CC(=O)N1C[C@@H]1CCCO1. The highest BCUT2D eigenvalue weighted by atomic mass is 35.5. The van der Waals surface area contributed by atoms with Crippen molar-refractivity contribution in [2.75, 3.05) is 13.2 Å². The Morgan fingerprint density at radius 1 is 1.36 bits per heavy atom. The number of rotatable bonds is 4. The van der Waals surface area contributed by atoms with Crippen LogP contribution in [0.25, 0.3) is 0 Å². The van der Waals surface area contributed by atoms with E-state index < -0.39 is 11.9 Å². The first-order valence-corrected chi connectivity index (χ1v) is 8.95. The van der Waals surface area contributed by atoms with Gasteiger partial charge in [-0.15, -0.1) is 0 Å². The molecule has 0 aliphatic carbocycles. The number of carboxylic acids is 1. The third-order valence-electron chi connectivity index (χ3n) is 4.81. The van der Waals surface area contributed by atoms with E-state index in [0.29, 0.717) is 34.5 Å². The van der Waals surface area contributed by atoms with E-state index >= 15 is 0 Å². The maximum Gasteiger partial charge on any atom is 0.333 e. The molecule has 2 heterocycles. The van der Waals surface area contributed by atoms with Crippen molar-refractivity contribution in [3.8, 4) is 0 Å². The van der Waals surface area contributed by atoms with Gasteiger partial charge in [0.1, 0.15) is 0 Å². The summed E-state index contributed by atoms with van der Waals surface area (Å²) < 4.78 is 5.59. The Bertz CT molecular complexity index is 741. The summed E-state index contributed by atoms with van der Waals surface area (Å²) in [6.07, 6.45) is 1.91. The molecule has 0 bridgehead atoms. The molecule has 1 aromatic carbocycles. The monoisotopic (exact) mass is 383 g/mol. The summed E-state index contributed by atoms with van der Waals surface area (Å²) in [5.74, 6) is -1.67. The summed E-state index contributed by atoms with van der Waals surface area (Å²) in [7, 11) is 0. The molecule has 0 radical (unpaired) electrons. The van der Waals surface area contributed by atoms with Crippen LogP contribution in [0.4, 0.5) is 0 Å². The predicted molar refractivity (Wildman–Crippen MR) is 94.8 cm³/mol. The van der Waals surface area contributed by atoms with E-state index in [1.54, 1.807) is 30.0 Å². The number of carbonyl (C=O) groups excluding carboxylic acids is 1. The molecule has 2 aliphatic rings. The van der Waals surface area contributed by atoms with Gasteiger partial charge in [0.15, 0.2) is 0 Å². The zero-order chi connectivity index (χ0) is 18.1. The highest BCUT2D eigenvalue weighted by Gasteiger charge is 2.37. The van der Waals surface area contributed by atoms with Crippen LogP contribution in [0.1, 0.15) is 37.7 Å². The van der Waals surface area contributed by atoms with Crippen LogP contribution in [0, 0.1) is 0 Å². The number of benzene rings is 1. The number of amides is 1. The van der Waals surface area contributed by atoms with Crippen molar-refractivity contribution in [1.82, 2.24) is 4.90 Å². The van der Waals surface area contributed by atoms with Crippen LogP contribution < -0.4 is 0 Å². The van der Waals surface area contributed by atoms with Crippen molar-refractivity contribution in [2.24, 2.45) is 0 Å². The van der Waals surface area contributed by atoms with Gasteiger partial charge in [-0.1, -0.05) is 29.3 Å². The molecule has 0 aromatic heterocycles. The molecular weight excluding hydrogens is 365 g/mol. The van der Waals surface area contributed by atoms with Gasteiger partial charge in [-0.25, -0.2) is 4.79 Å². The summed E-state index contributed by atoms with van der Waals surface area (Å²) in [5.41, 5.74) is 1.36. The van der Waals surface area contributed by atoms with Crippen molar-refractivity contribution in [3.63, 3.8) is 0 Å². The number of ether oxygens (including phenoxy) is 1. The number of allylic oxidation sites excluding steroid dienone is 1. The molecule has 0 saturated carbocycles. The third kappa shape index (κ3) is 3.68. The second kappa shape index (κ2) is 7.36. The van der Waals surface area contributed by atoms with Crippen LogP contribution in [0.15, 0.2) is 29.5 Å². The second-order valence-electron chi connectivity index (χ2n) is 6.37. The topological polar surface area (TPSA) is 66.8 Å². The summed E-state index contributed by atoms with van der Waals surface area (Å²) >= 11 is 12.0. The molecule has 1 aromatic rings. The molecule has 2 aliphatic heterocycles. The highest BCUT2D eigenvalue weighted by Crippen LogP contribution is 2.38. The summed E-state index contributed by atoms with van der Waals surface area (Å²) in [6, 6.07) is 4.98. The fraction of sp³-hybridized carbons (Fsp3) is 0.444. The summed E-state index contributed by atoms with van der Waals surface area (Å²) in [6.45, 7) is 2.77. The van der Waals surface area contributed by atoms with Crippen molar-refractivity contribution in [1.29, 1.82) is 0 Å². The smallest absolute Gasteiger partial charge is 0.333 e. The first-order chi connectivity index (χ1) is 11.9. The van der Waals surface area contributed by atoms with E-state index in [4.69, 9.17) is 27.9 Å². The average molecular weight is 384 g/mol.